The molecule has 74 valence electrons. The van der Waals surface area contributed by atoms with E-state index in [0.717, 1.165) is 12.3 Å². The Morgan fingerprint density at radius 1 is 1.23 bits per heavy atom. The Morgan fingerprint density at radius 3 is 2.69 bits per heavy atom. The van der Waals surface area contributed by atoms with E-state index in [0.29, 0.717) is 16.7 Å². The average molecular weight is 180 g/mol. The zero-order valence-corrected chi connectivity index (χ0v) is 8.71. The SMILES string of the molecule is C[C@H]1[C@H](O)C[C@H]2C3(C)CCCCC123. The third kappa shape index (κ3) is 0.674. The Hall–Kier alpha value is -0.0400. The summed E-state index contributed by atoms with van der Waals surface area (Å²) in [4.78, 5) is 0. The Bertz CT molecular complexity index is 250. The molecule has 0 radical (unpaired) electrons. The lowest BCUT2D eigenvalue weighted by Crippen LogP contribution is -2.30. The molecule has 0 saturated heterocycles. The van der Waals surface area contributed by atoms with Gasteiger partial charge < -0.3 is 5.11 Å². The highest BCUT2D eigenvalue weighted by atomic mass is 16.3. The molecule has 1 heteroatoms. The summed E-state index contributed by atoms with van der Waals surface area (Å²) in [6.07, 6.45) is 6.76. The molecule has 3 saturated carbocycles. The highest BCUT2D eigenvalue weighted by molar-refractivity contribution is 5.26. The Morgan fingerprint density at radius 2 is 1.92 bits per heavy atom. The maximum atomic E-state index is 9.85. The van der Waals surface area contributed by atoms with Crippen molar-refractivity contribution in [3.05, 3.63) is 0 Å². The summed E-state index contributed by atoms with van der Waals surface area (Å²) in [6, 6.07) is 0. The molecule has 0 heterocycles. The van der Waals surface area contributed by atoms with Crippen molar-refractivity contribution in [1.29, 1.82) is 0 Å². The summed E-state index contributed by atoms with van der Waals surface area (Å²) >= 11 is 0. The van der Waals surface area contributed by atoms with E-state index in [1.54, 1.807) is 0 Å². The van der Waals surface area contributed by atoms with Crippen molar-refractivity contribution in [2.24, 2.45) is 22.7 Å². The van der Waals surface area contributed by atoms with Gasteiger partial charge in [-0.3, -0.25) is 0 Å². The molecular formula is C12H20O. The first-order chi connectivity index (χ1) is 6.13. The van der Waals surface area contributed by atoms with Gasteiger partial charge in [0.2, 0.25) is 0 Å². The molecule has 0 amide bonds. The van der Waals surface area contributed by atoms with Gasteiger partial charge >= 0.3 is 0 Å². The zero-order valence-electron chi connectivity index (χ0n) is 8.71. The number of hydrogen-bond acceptors (Lipinski definition) is 1. The van der Waals surface area contributed by atoms with Crippen LogP contribution in [0.1, 0.15) is 46.0 Å². The van der Waals surface area contributed by atoms with E-state index in [1.165, 1.54) is 25.7 Å². The van der Waals surface area contributed by atoms with Crippen LogP contribution in [0.2, 0.25) is 0 Å². The fourth-order valence-corrected chi connectivity index (χ4v) is 5.00. The second-order valence-electron chi connectivity index (χ2n) is 5.81. The number of aliphatic hydroxyl groups excluding tert-OH is 1. The molecule has 0 aromatic rings. The largest absolute Gasteiger partial charge is 0.393 e. The summed E-state index contributed by atoms with van der Waals surface area (Å²) in [5, 5.41) is 9.85. The van der Waals surface area contributed by atoms with Crippen molar-refractivity contribution < 1.29 is 5.11 Å². The summed E-state index contributed by atoms with van der Waals surface area (Å²) in [5.74, 6) is 1.44. The first-order valence-electron chi connectivity index (χ1n) is 5.81. The van der Waals surface area contributed by atoms with Crippen LogP contribution in [0.15, 0.2) is 0 Å². The first kappa shape index (κ1) is 8.28. The minimum Gasteiger partial charge on any atom is -0.393 e. The highest BCUT2D eigenvalue weighted by Gasteiger charge is 2.78. The third-order valence-corrected chi connectivity index (χ3v) is 5.77. The lowest BCUT2D eigenvalue weighted by molar-refractivity contribution is 0.0556. The van der Waals surface area contributed by atoms with Gasteiger partial charge in [0.15, 0.2) is 0 Å². The van der Waals surface area contributed by atoms with Gasteiger partial charge in [0, 0.05) is 0 Å². The number of aliphatic hydroxyl groups is 1. The molecule has 5 atom stereocenters. The maximum absolute atomic E-state index is 9.85. The topological polar surface area (TPSA) is 20.2 Å². The third-order valence-electron chi connectivity index (χ3n) is 5.77. The van der Waals surface area contributed by atoms with Crippen molar-refractivity contribution in [2.45, 2.75) is 52.1 Å². The predicted octanol–water partition coefficient (Wildman–Crippen LogP) is 2.58. The number of rotatable bonds is 0. The molecule has 3 fully saturated rings. The normalized spacial score (nSPS) is 64.4. The van der Waals surface area contributed by atoms with Crippen molar-refractivity contribution in [2.75, 3.05) is 0 Å². The van der Waals surface area contributed by atoms with E-state index in [-0.39, 0.29) is 6.10 Å². The Balaban J connectivity index is 1.96. The van der Waals surface area contributed by atoms with Crippen LogP contribution >= 0.6 is 0 Å². The van der Waals surface area contributed by atoms with Crippen LogP contribution in [0, 0.1) is 22.7 Å². The Labute approximate surface area is 80.5 Å². The minimum atomic E-state index is 0.0103. The molecule has 1 N–H and O–H groups in total. The van der Waals surface area contributed by atoms with Crippen LogP contribution in [0.5, 0.6) is 0 Å². The van der Waals surface area contributed by atoms with Gasteiger partial charge in [-0.1, -0.05) is 26.7 Å². The van der Waals surface area contributed by atoms with Gasteiger partial charge in [0.1, 0.15) is 0 Å². The lowest BCUT2D eigenvalue weighted by Gasteiger charge is -2.34. The van der Waals surface area contributed by atoms with Crippen LogP contribution in [0.4, 0.5) is 0 Å². The van der Waals surface area contributed by atoms with Crippen molar-refractivity contribution >= 4 is 0 Å². The molecule has 3 rings (SSSR count). The molecule has 13 heavy (non-hydrogen) atoms. The predicted molar refractivity (Wildman–Crippen MR) is 52.3 cm³/mol. The fourth-order valence-electron chi connectivity index (χ4n) is 5.00. The molecule has 0 aliphatic heterocycles. The molecule has 3 aliphatic carbocycles. The van der Waals surface area contributed by atoms with Gasteiger partial charge in [0.05, 0.1) is 6.10 Å². The second kappa shape index (κ2) is 2.13. The van der Waals surface area contributed by atoms with E-state index in [4.69, 9.17) is 0 Å². The van der Waals surface area contributed by atoms with Gasteiger partial charge in [-0.25, -0.2) is 0 Å². The van der Waals surface area contributed by atoms with Crippen LogP contribution in [0.25, 0.3) is 0 Å². The first-order valence-corrected chi connectivity index (χ1v) is 5.81. The van der Waals surface area contributed by atoms with E-state index < -0.39 is 0 Å². The summed E-state index contributed by atoms with van der Waals surface area (Å²) in [6.45, 7) is 4.75. The maximum Gasteiger partial charge on any atom is 0.0574 e. The quantitative estimate of drug-likeness (QED) is 0.607. The van der Waals surface area contributed by atoms with E-state index in [1.807, 2.05) is 0 Å². The smallest absolute Gasteiger partial charge is 0.0574 e. The van der Waals surface area contributed by atoms with Gasteiger partial charge in [-0.2, -0.15) is 0 Å². The van der Waals surface area contributed by atoms with Gasteiger partial charge in [-0.15, -0.1) is 0 Å². The lowest BCUT2D eigenvalue weighted by atomic mass is 9.72. The van der Waals surface area contributed by atoms with Crippen LogP contribution in [-0.4, -0.2) is 11.2 Å². The highest BCUT2D eigenvalue weighted by Crippen LogP contribution is 2.83. The molecule has 0 bridgehead atoms. The molecule has 1 spiro atoms. The van der Waals surface area contributed by atoms with Crippen LogP contribution in [-0.2, 0) is 0 Å². The summed E-state index contributed by atoms with van der Waals surface area (Å²) in [5.41, 5.74) is 1.20. The van der Waals surface area contributed by atoms with Crippen LogP contribution < -0.4 is 0 Å². The summed E-state index contributed by atoms with van der Waals surface area (Å²) < 4.78 is 0. The fraction of sp³-hybridized carbons (Fsp3) is 1.00. The second-order valence-corrected chi connectivity index (χ2v) is 5.81. The Kier molecular flexibility index (Phi) is 1.36. The van der Waals surface area contributed by atoms with Gasteiger partial charge in [-0.05, 0) is 41.9 Å². The van der Waals surface area contributed by atoms with E-state index in [2.05, 4.69) is 13.8 Å². The monoisotopic (exact) mass is 180 g/mol. The minimum absolute atomic E-state index is 0.0103. The molecule has 0 aromatic carbocycles. The molecule has 2 unspecified atom stereocenters. The molecular weight excluding hydrogens is 160 g/mol. The standard InChI is InChI=1S/C12H20O/c1-8-9(13)7-10-11(2)5-3-4-6-12(8,10)11/h8-10,13H,3-7H2,1-2H3/t8-,9+,10-,11?,12?/m0/s1. The van der Waals surface area contributed by atoms with Crippen molar-refractivity contribution in [1.82, 2.24) is 0 Å². The van der Waals surface area contributed by atoms with Crippen molar-refractivity contribution in [3.63, 3.8) is 0 Å². The molecule has 0 aromatic heterocycles. The molecule has 1 nitrogen and oxygen atoms in total. The van der Waals surface area contributed by atoms with Crippen molar-refractivity contribution in [3.8, 4) is 0 Å². The van der Waals surface area contributed by atoms with Crippen LogP contribution in [0.3, 0.4) is 0 Å². The summed E-state index contributed by atoms with van der Waals surface area (Å²) in [7, 11) is 0. The van der Waals surface area contributed by atoms with Gasteiger partial charge in [0.25, 0.3) is 0 Å². The number of fused-ring (bicyclic) bond motifs is 1. The van der Waals surface area contributed by atoms with E-state index >= 15 is 0 Å². The molecule has 3 aliphatic rings. The zero-order chi connectivity index (χ0) is 9.27. The number of hydrogen-bond donors (Lipinski definition) is 1. The van der Waals surface area contributed by atoms with E-state index in [9.17, 15) is 5.11 Å². The average Bonchev–Trinajstić information content (AvgIpc) is 2.55.